The summed E-state index contributed by atoms with van der Waals surface area (Å²) in [6, 6.07) is 0. The number of hydrogen-bond acceptors (Lipinski definition) is 6. The van der Waals surface area contributed by atoms with Crippen molar-refractivity contribution in [3.05, 3.63) is 0 Å². The molecule has 6 nitrogen and oxygen atoms in total. The molecular weight excluding hydrogens is 216 g/mol. The Morgan fingerprint density at radius 1 is 0.625 bits per heavy atom. The summed E-state index contributed by atoms with van der Waals surface area (Å²) in [4.78, 5) is 0. The zero-order valence-corrected chi connectivity index (χ0v) is 10.4. The van der Waals surface area contributed by atoms with Crippen LogP contribution in [-0.2, 0) is 18.9 Å². The molecule has 0 amide bonds. The Morgan fingerprint density at radius 3 is 0.938 bits per heavy atom. The average molecular weight is 238 g/mol. The van der Waals surface area contributed by atoms with Crippen LogP contribution in [0, 0.1) is 0 Å². The SMILES string of the molecule is CCOC(O)(OCC)C(O)(OCC)OCC. The van der Waals surface area contributed by atoms with Gasteiger partial charge in [-0.05, 0) is 27.7 Å². The average Bonchev–Trinajstić information content (AvgIpc) is 2.19. The van der Waals surface area contributed by atoms with Crippen molar-refractivity contribution in [2.75, 3.05) is 26.4 Å². The highest BCUT2D eigenvalue weighted by molar-refractivity contribution is 4.68. The molecule has 0 saturated heterocycles. The van der Waals surface area contributed by atoms with Gasteiger partial charge in [-0.1, -0.05) is 0 Å². The number of ether oxygens (including phenoxy) is 4. The molecule has 0 aromatic heterocycles. The van der Waals surface area contributed by atoms with Crippen LogP contribution in [0.3, 0.4) is 0 Å². The lowest BCUT2D eigenvalue weighted by atomic mass is 10.4. The Morgan fingerprint density at radius 2 is 0.812 bits per heavy atom. The lowest BCUT2D eigenvalue weighted by molar-refractivity contribution is -0.544. The van der Waals surface area contributed by atoms with Gasteiger partial charge in [0.1, 0.15) is 0 Å². The van der Waals surface area contributed by atoms with E-state index in [9.17, 15) is 10.2 Å². The Balaban J connectivity index is 4.90. The Kier molecular flexibility index (Phi) is 7.05. The molecule has 0 aliphatic heterocycles. The van der Waals surface area contributed by atoms with Gasteiger partial charge in [0.25, 0.3) is 0 Å². The van der Waals surface area contributed by atoms with Gasteiger partial charge in [0, 0.05) is 26.4 Å². The fraction of sp³-hybridized carbons (Fsp3) is 1.00. The zero-order valence-electron chi connectivity index (χ0n) is 10.4. The maximum atomic E-state index is 10.0. The predicted molar refractivity (Wildman–Crippen MR) is 56.4 cm³/mol. The van der Waals surface area contributed by atoms with Crippen molar-refractivity contribution in [3.63, 3.8) is 0 Å². The summed E-state index contributed by atoms with van der Waals surface area (Å²) in [5, 5.41) is 20.1. The smallest absolute Gasteiger partial charge is 0.337 e. The summed E-state index contributed by atoms with van der Waals surface area (Å²) in [5.74, 6) is -4.66. The zero-order chi connectivity index (χ0) is 12.7. The quantitative estimate of drug-likeness (QED) is 0.567. The van der Waals surface area contributed by atoms with Gasteiger partial charge in [-0.25, -0.2) is 0 Å². The highest BCUT2D eigenvalue weighted by Crippen LogP contribution is 2.28. The highest BCUT2D eigenvalue weighted by Gasteiger charge is 2.55. The molecule has 0 bridgehead atoms. The molecule has 0 heterocycles. The van der Waals surface area contributed by atoms with E-state index in [2.05, 4.69) is 0 Å². The van der Waals surface area contributed by atoms with Crippen LogP contribution < -0.4 is 0 Å². The van der Waals surface area contributed by atoms with Gasteiger partial charge in [0.05, 0.1) is 0 Å². The van der Waals surface area contributed by atoms with Crippen molar-refractivity contribution in [1.29, 1.82) is 0 Å². The van der Waals surface area contributed by atoms with Crippen LogP contribution in [0.2, 0.25) is 0 Å². The number of hydrogen-bond donors (Lipinski definition) is 2. The molecule has 6 heteroatoms. The number of aliphatic hydroxyl groups is 2. The van der Waals surface area contributed by atoms with Crippen molar-refractivity contribution >= 4 is 0 Å². The van der Waals surface area contributed by atoms with E-state index >= 15 is 0 Å². The van der Waals surface area contributed by atoms with Crippen LogP contribution >= 0.6 is 0 Å². The van der Waals surface area contributed by atoms with Gasteiger partial charge in [0.15, 0.2) is 0 Å². The van der Waals surface area contributed by atoms with Gasteiger partial charge in [0.2, 0.25) is 0 Å². The molecule has 98 valence electrons. The molecule has 0 atom stereocenters. The third-order valence-electron chi connectivity index (χ3n) is 1.76. The monoisotopic (exact) mass is 238 g/mol. The first-order valence-corrected chi connectivity index (χ1v) is 5.50. The second-order valence-corrected chi connectivity index (χ2v) is 2.90. The summed E-state index contributed by atoms with van der Waals surface area (Å²) in [6.45, 7) is 7.17. The molecule has 2 N–H and O–H groups in total. The molecule has 0 aliphatic carbocycles. The first-order chi connectivity index (χ1) is 7.49. The van der Waals surface area contributed by atoms with Crippen LogP contribution in [0.5, 0.6) is 0 Å². The van der Waals surface area contributed by atoms with E-state index in [1.807, 2.05) is 0 Å². The number of rotatable bonds is 9. The Labute approximate surface area is 96.1 Å². The topological polar surface area (TPSA) is 77.4 Å². The third-order valence-corrected chi connectivity index (χ3v) is 1.76. The van der Waals surface area contributed by atoms with Crippen LogP contribution in [-0.4, -0.2) is 48.6 Å². The van der Waals surface area contributed by atoms with Gasteiger partial charge in [-0.2, -0.15) is 0 Å². The van der Waals surface area contributed by atoms with E-state index < -0.39 is 11.9 Å². The van der Waals surface area contributed by atoms with Crippen LogP contribution in [0.25, 0.3) is 0 Å². The maximum absolute atomic E-state index is 10.0. The molecule has 0 saturated carbocycles. The van der Waals surface area contributed by atoms with Crippen molar-refractivity contribution in [1.82, 2.24) is 0 Å². The van der Waals surface area contributed by atoms with Gasteiger partial charge in [-0.15, -0.1) is 0 Å². The van der Waals surface area contributed by atoms with Crippen LogP contribution in [0.15, 0.2) is 0 Å². The fourth-order valence-electron chi connectivity index (χ4n) is 1.23. The van der Waals surface area contributed by atoms with Gasteiger partial charge >= 0.3 is 11.9 Å². The summed E-state index contributed by atoms with van der Waals surface area (Å²) in [5.41, 5.74) is 0. The van der Waals surface area contributed by atoms with E-state index in [1.165, 1.54) is 0 Å². The highest BCUT2D eigenvalue weighted by atomic mass is 16.9. The fourth-order valence-corrected chi connectivity index (χ4v) is 1.23. The van der Waals surface area contributed by atoms with E-state index in [1.54, 1.807) is 27.7 Å². The molecule has 0 aromatic carbocycles. The molecule has 16 heavy (non-hydrogen) atoms. The molecule has 0 aromatic rings. The maximum Gasteiger partial charge on any atom is 0.367 e. The van der Waals surface area contributed by atoms with Crippen molar-refractivity contribution in [2.24, 2.45) is 0 Å². The van der Waals surface area contributed by atoms with E-state index in [0.717, 1.165) is 0 Å². The third kappa shape index (κ3) is 3.65. The largest absolute Gasteiger partial charge is 0.367 e. The lowest BCUT2D eigenvalue weighted by Gasteiger charge is -2.39. The van der Waals surface area contributed by atoms with E-state index in [0.29, 0.717) is 0 Å². The minimum absolute atomic E-state index is 0.138. The standard InChI is InChI=1S/C10H22O6/c1-5-13-9(11,14-6-2)10(12,15-7-3)16-8-4/h11-12H,5-8H2,1-4H3. The second kappa shape index (κ2) is 7.16. The van der Waals surface area contributed by atoms with Crippen molar-refractivity contribution in [2.45, 2.75) is 39.6 Å². The molecule has 0 aliphatic rings. The van der Waals surface area contributed by atoms with E-state index in [-0.39, 0.29) is 26.4 Å². The summed E-state index contributed by atoms with van der Waals surface area (Å²) in [7, 11) is 0. The molecular formula is C10H22O6. The molecule has 0 spiro atoms. The summed E-state index contributed by atoms with van der Waals surface area (Å²) >= 11 is 0. The summed E-state index contributed by atoms with van der Waals surface area (Å²) < 4.78 is 19.9. The van der Waals surface area contributed by atoms with E-state index in [4.69, 9.17) is 18.9 Å². The summed E-state index contributed by atoms with van der Waals surface area (Å²) in [6.07, 6.45) is 0. The first-order valence-electron chi connectivity index (χ1n) is 5.50. The normalized spacial score (nSPS) is 13.1. The van der Waals surface area contributed by atoms with Gasteiger partial charge < -0.3 is 29.2 Å². The Bertz CT molecular complexity index is 152. The Hall–Kier alpha value is -0.240. The molecule has 0 unspecified atom stereocenters. The molecule has 0 rings (SSSR count). The second-order valence-electron chi connectivity index (χ2n) is 2.90. The molecule has 0 radical (unpaired) electrons. The minimum atomic E-state index is -2.33. The minimum Gasteiger partial charge on any atom is -0.337 e. The van der Waals surface area contributed by atoms with Gasteiger partial charge in [-0.3, -0.25) is 0 Å². The molecule has 0 fully saturated rings. The first kappa shape index (κ1) is 15.8. The van der Waals surface area contributed by atoms with Crippen molar-refractivity contribution in [3.8, 4) is 0 Å². The van der Waals surface area contributed by atoms with Crippen LogP contribution in [0.1, 0.15) is 27.7 Å². The van der Waals surface area contributed by atoms with Crippen molar-refractivity contribution < 1.29 is 29.2 Å². The lowest BCUT2D eigenvalue weighted by Crippen LogP contribution is -2.61. The predicted octanol–water partition coefficient (Wildman–Crippen LogP) is 0.425. The van der Waals surface area contributed by atoms with Crippen LogP contribution in [0.4, 0.5) is 0 Å².